The third-order valence-electron chi connectivity index (χ3n) is 8.10. The van der Waals surface area contributed by atoms with Gasteiger partial charge < -0.3 is 44.5 Å². The highest BCUT2D eigenvalue weighted by molar-refractivity contribution is 6.35. The van der Waals surface area contributed by atoms with Crippen LogP contribution in [0, 0.1) is 6.92 Å². The molecule has 0 radical (unpaired) electrons. The maximum Gasteiger partial charge on any atom is 0.341 e. The number of aliphatic hydroxyl groups excluding tert-OH is 2. The maximum atomic E-state index is 13.7. The zero-order valence-corrected chi connectivity index (χ0v) is 22.5. The summed E-state index contributed by atoms with van der Waals surface area (Å²) < 4.78 is 21.4. The van der Waals surface area contributed by atoms with Gasteiger partial charge in [-0.2, -0.15) is 0 Å². The Labute approximate surface area is 232 Å². The van der Waals surface area contributed by atoms with Crippen LogP contribution >= 0.6 is 0 Å². The quantitative estimate of drug-likeness (QED) is 0.246. The van der Waals surface area contributed by atoms with Gasteiger partial charge in [-0.1, -0.05) is 0 Å². The molecule has 41 heavy (non-hydrogen) atoms. The molecule has 2 aromatic rings. The Balaban J connectivity index is 1.75. The summed E-state index contributed by atoms with van der Waals surface area (Å²) in [6, 6.07) is 2.40. The molecule has 0 amide bonds. The average Bonchev–Trinajstić information content (AvgIpc) is 2.93. The largest absolute Gasteiger partial charge is 0.507 e. The van der Waals surface area contributed by atoms with Crippen molar-refractivity contribution in [3.8, 4) is 11.5 Å². The first-order valence-corrected chi connectivity index (χ1v) is 12.7. The van der Waals surface area contributed by atoms with Gasteiger partial charge in [-0.15, -0.1) is 0 Å². The Hall–Kier alpha value is -3.88. The van der Waals surface area contributed by atoms with Crippen molar-refractivity contribution in [2.75, 3.05) is 14.2 Å². The van der Waals surface area contributed by atoms with E-state index in [-0.39, 0.29) is 34.1 Å². The number of carbonyl (C=O) groups excluding carboxylic acids is 4. The van der Waals surface area contributed by atoms with E-state index in [1.807, 2.05) is 0 Å². The van der Waals surface area contributed by atoms with Crippen LogP contribution in [0.15, 0.2) is 24.0 Å². The van der Waals surface area contributed by atoms with E-state index in [4.69, 9.17) is 18.9 Å². The Bertz CT molecular complexity index is 1560. The summed E-state index contributed by atoms with van der Waals surface area (Å²) in [5.41, 5.74) is -8.31. The lowest BCUT2D eigenvalue weighted by Crippen LogP contribution is -2.76. The number of fused-ring (bicyclic) bond motifs is 3. The number of aryl methyl sites for hydroxylation is 1. The van der Waals surface area contributed by atoms with Gasteiger partial charge in [-0.05, 0) is 43.4 Å². The second-order valence-corrected chi connectivity index (χ2v) is 10.3. The molecular weight excluding hydrogens is 544 g/mol. The summed E-state index contributed by atoms with van der Waals surface area (Å²) in [4.78, 5) is 53.1. The van der Waals surface area contributed by atoms with Gasteiger partial charge >= 0.3 is 5.97 Å². The van der Waals surface area contributed by atoms with Crippen molar-refractivity contribution in [3.05, 3.63) is 46.2 Å². The van der Waals surface area contributed by atoms with E-state index in [1.54, 1.807) is 6.92 Å². The minimum Gasteiger partial charge on any atom is -0.507 e. The number of hydrogen-bond donors (Lipinski definition) is 5. The number of esters is 1. The molecule has 13 nitrogen and oxygen atoms in total. The summed E-state index contributed by atoms with van der Waals surface area (Å²) in [5.74, 6) is -6.73. The molecule has 2 aromatic carbocycles. The Morgan fingerprint density at radius 2 is 1.76 bits per heavy atom. The number of phenolic OH excluding ortho intramolecular Hbond substituents is 1. The van der Waals surface area contributed by atoms with Crippen LogP contribution in [0.3, 0.4) is 0 Å². The van der Waals surface area contributed by atoms with Crippen LogP contribution in [0.5, 0.6) is 11.5 Å². The normalized spacial score (nSPS) is 31.3. The van der Waals surface area contributed by atoms with E-state index < -0.39 is 81.8 Å². The summed E-state index contributed by atoms with van der Waals surface area (Å²) in [6.45, 7) is 3.07. The van der Waals surface area contributed by atoms with Crippen molar-refractivity contribution < 1.29 is 63.7 Å². The zero-order chi connectivity index (χ0) is 30.2. The fourth-order valence-electron chi connectivity index (χ4n) is 5.78. The van der Waals surface area contributed by atoms with Gasteiger partial charge in [0.2, 0.25) is 28.6 Å². The second-order valence-electron chi connectivity index (χ2n) is 10.3. The number of phenols is 1. The lowest BCUT2D eigenvalue weighted by Gasteiger charge is -2.47. The molecule has 1 heterocycles. The minimum absolute atomic E-state index is 0.0583. The number of carbonyl (C=O) groups is 4. The minimum atomic E-state index is -3.48. The third-order valence-corrected chi connectivity index (χ3v) is 8.10. The van der Waals surface area contributed by atoms with Crippen LogP contribution in [0.2, 0.25) is 0 Å². The molecule has 1 fully saturated rings. The number of aliphatic hydroxyl groups is 4. The number of Topliss-reactive ketones (excluding diaryl/α,β-unsaturated/α-hetero) is 2. The predicted octanol–water partition coefficient (Wildman–Crippen LogP) is 0.220. The molecule has 1 saturated heterocycles. The summed E-state index contributed by atoms with van der Waals surface area (Å²) in [7, 11) is 2.18. The fourth-order valence-corrected chi connectivity index (χ4v) is 5.78. The van der Waals surface area contributed by atoms with E-state index in [0.29, 0.717) is 12.5 Å². The molecule has 1 aliphatic heterocycles. The first-order chi connectivity index (χ1) is 19.2. The van der Waals surface area contributed by atoms with Crippen LogP contribution in [0.1, 0.15) is 56.4 Å². The van der Waals surface area contributed by atoms with Crippen LogP contribution in [-0.2, 0) is 19.0 Å². The number of hydrogen-bond acceptors (Lipinski definition) is 13. The lowest BCUT2D eigenvalue weighted by molar-refractivity contribution is -0.180. The first-order valence-electron chi connectivity index (χ1n) is 12.7. The first kappa shape index (κ1) is 28.6. The van der Waals surface area contributed by atoms with Crippen molar-refractivity contribution in [1.29, 1.82) is 0 Å². The summed E-state index contributed by atoms with van der Waals surface area (Å²) in [6.07, 6.45) is -3.23. The maximum absolute atomic E-state index is 13.7. The van der Waals surface area contributed by atoms with Gasteiger partial charge in [0.15, 0.2) is 12.4 Å². The number of benzene rings is 2. The standard InChI is InChI=1S/C28H28O13/c1-10-19-12(8-15(20(10)26(35)39-4)41-18-6-5-14(29)11(2)40-18)7-13-21(22(19)31)25(34)27(36)17(30)9-16(38-3)24(33)28(27,37)23(13)32/h7-9,11,14,18,24,29,31,33,36-37H,5-6H2,1-4H3/t11-,14+,18+,24-,27-,28-/m1/s1. The van der Waals surface area contributed by atoms with Crippen molar-refractivity contribution in [1.82, 2.24) is 0 Å². The van der Waals surface area contributed by atoms with Gasteiger partial charge in [0, 0.05) is 23.4 Å². The monoisotopic (exact) mass is 572 g/mol. The molecule has 3 aliphatic rings. The van der Waals surface area contributed by atoms with Gasteiger partial charge in [0.25, 0.3) is 0 Å². The Kier molecular flexibility index (Phi) is 6.71. The van der Waals surface area contributed by atoms with E-state index >= 15 is 0 Å². The molecule has 5 rings (SSSR count). The third kappa shape index (κ3) is 3.73. The van der Waals surface area contributed by atoms with Crippen molar-refractivity contribution in [2.45, 2.75) is 62.5 Å². The van der Waals surface area contributed by atoms with Crippen molar-refractivity contribution in [2.24, 2.45) is 0 Å². The lowest BCUT2D eigenvalue weighted by atomic mass is 9.60. The van der Waals surface area contributed by atoms with Crippen molar-refractivity contribution in [3.63, 3.8) is 0 Å². The smallest absolute Gasteiger partial charge is 0.341 e. The number of aromatic hydroxyl groups is 1. The van der Waals surface area contributed by atoms with Crippen molar-refractivity contribution >= 4 is 34.1 Å². The molecular formula is C28H28O13. The Morgan fingerprint density at radius 3 is 2.37 bits per heavy atom. The van der Waals surface area contributed by atoms with E-state index in [1.165, 1.54) is 13.0 Å². The topological polar surface area (TPSA) is 206 Å². The number of ketones is 3. The highest BCUT2D eigenvalue weighted by Crippen LogP contribution is 2.49. The van der Waals surface area contributed by atoms with Gasteiger partial charge in [-0.3, -0.25) is 14.4 Å². The number of ether oxygens (including phenoxy) is 4. The van der Waals surface area contributed by atoms with Crippen LogP contribution in [-0.4, -0.2) is 98.9 Å². The van der Waals surface area contributed by atoms with Gasteiger partial charge in [0.05, 0.1) is 32.0 Å². The van der Waals surface area contributed by atoms with Gasteiger partial charge in [-0.25, -0.2) is 4.79 Å². The molecule has 218 valence electrons. The molecule has 0 spiro atoms. The summed E-state index contributed by atoms with van der Waals surface area (Å²) >= 11 is 0. The van der Waals surface area contributed by atoms with Crippen LogP contribution < -0.4 is 4.74 Å². The highest BCUT2D eigenvalue weighted by Gasteiger charge is 2.73. The number of methoxy groups -OCH3 is 2. The van der Waals surface area contributed by atoms with Crippen LogP contribution in [0.25, 0.3) is 10.8 Å². The molecule has 0 aromatic heterocycles. The predicted molar refractivity (Wildman–Crippen MR) is 137 cm³/mol. The fraction of sp³-hybridized carbons (Fsp3) is 0.429. The molecule has 0 saturated carbocycles. The van der Waals surface area contributed by atoms with E-state index in [9.17, 15) is 44.7 Å². The molecule has 5 N–H and O–H groups in total. The highest BCUT2D eigenvalue weighted by atomic mass is 16.7. The molecule has 0 bridgehead atoms. The average molecular weight is 573 g/mol. The molecule has 2 aliphatic carbocycles. The van der Waals surface area contributed by atoms with E-state index in [2.05, 4.69) is 0 Å². The molecule has 6 atom stereocenters. The van der Waals surface area contributed by atoms with E-state index in [0.717, 1.165) is 20.3 Å². The summed E-state index contributed by atoms with van der Waals surface area (Å²) in [5, 5.41) is 54.6. The zero-order valence-electron chi connectivity index (χ0n) is 22.5. The second kappa shape index (κ2) is 9.60. The van der Waals surface area contributed by atoms with Crippen LogP contribution in [0.4, 0.5) is 0 Å². The SMILES string of the molecule is COC(=O)c1c(O[C@H]2CC[C@H](O)[C@@H](C)O2)cc2cc3c(c(O)c2c1C)C(=O)[C@]1(O)C(=O)C=C(OC)[C@@H](O)[C@]1(O)C3=O. The number of rotatable bonds is 4. The molecule has 0 unspecified atom stereocenters. The molecule has 13 heteroatoms. The van der Waals surface area contributed by atoms with Gasteiger partial charge in [0.1, 0.15) is 22.8 Å². The Morgan fingerprint density at radius 1 is 1.07 bits per heavy atom.